The largest absolute Gasteiger partial charge is 0.460 e. The number of aromatic nitrogens is 3. The summed E-state index contributed by atoms with van der Waals surface area (Å²) in [6.07, 6.45) is 5.52. The van der Waals surface area contributed by atoms with E-state index in [0.717, 1.165) is 0 Å². The number of piperidine rings is 1. The number of rotatable bonds is 4. The monoisotopic (exact) mass is 394 g/mol. The van der Waals surface area contributed by atoms with E-state index >= 15 is 0 Å². The molecule has 136 valence electrons. The fraction of sp³-hybridized carbons (Fsp3) is 0.312. The highest BCUT2D eigenvalue weighted by Gasteiger charge is 2.32. The van der Waals surface area contributed by atoms with Gasteiger partial charge in [-0.05, 0) is 31.0 Å². The molecule has 4 rings (SSSR count). The molecule has 3 aromatic rings. The molecule has 0 saturated carbocycles. The Bertz CT molecular complexity index is 1020. The summed E-state index contributed by atoms with van der Waals surface area (Å²) >= 11 is 6.07. The fourth-order valence-corrected chi connectivity index (χ4v) is 4.73. The van der Waals surface area contributed by atoms with Gasteiger partial charge in [0.1, 0.15) is 22.8 Å². The Morgan fingerprint density at radius 1 is 1.19 bits per heavy atom. The number of hydrogen-bond acceptors (Lipinski definition) is 7. The summed E-state index contributed by atoms with van der Waals surface area (Å²) in [5.74, 6) is 0. The Hall–Kier alpha value is -2.23. The average molecular weight is 395 g/mol. The van der Waals surface area contributed by atoms with Gasteiger partial charge in [0.25, 0.3) is 0 Å². The first kappa shape index (κ1) is 17.2. The molecule has 0 amide bonds. The molecule has 0 unspecified atom stereocenters. The SMILES string of the molecule is O=S(=O)(c1ccc(Cl)c2conc12)N1CCC(Oc2ncccn2)CC1. The van der Waals surface area contributed by atoms with E-state index in [9.17, 15) is 8.42 Å². The standard InChI is InChI=1S/C16H15ClN4O4S/c17-13-2-3-14(15-12(13)10-24-20-15)26(22,23)21-8-4-11(5-9-21)25-16-18-6-1-7-19-16/h1-3,6-7,10-11H,4-5,8-9H2. The molecule has 0 radical (unpaired) electrons. The number of ether oxygens (including phenoxy) is 1. The second-order valence-corrected chi connectivity index (χ2v) is 8.19. The van der Waals surface area contributed by atoms with Crippen molar-refractivity contribution in [1.29, 1.82) is 0 Å². The van der Waals surface area contributed by atoms with Crippen LogP contribution in [0.5, 0.6) is 6.01 Å². The van der Waals surface area contributed by atoms with Gasteiger partial charge in [0.2, 0.25) is 10.0 Å². The quantitative estimate of drug-likeness (QED) is 0.670. The lowest BCUT2D eigenvalue weighted by Crippen LogP contribution is -2.41. The van der Waals surface area contributed by atoms with E-state index in [4.69, 9.17) is 20.9 Å². The molecule has 0 aliphatic carbocycles. The molecule has 0 bridgehead atoms. The molecular formula is C16H15ClN4O4S. The molecular weight excluding hydrogens is 380 g/mol. The zero-order chi connectivity index (χ0) is 18.1. The van der Waals surface area contributed by atoms with Gasteiger partial charge in [0.15, 0.2) is 0 Å². The summed E-state index contributed by atoms with van der Waals surface area (Å²) in [6.45, 7) is 0.670. The molecule has 1 saturated heterocycles. The van der Waals surface area contributed by atoms with Gasteiger partial charge in [0.05, 0.1) is 10.4 Å². The Labute approximate surface area is 154 Å². The number of hydrogen-bond donors (Lipinski definition) is 0. The number of benzene rings is 1. The second kappa shape index (κ2) is 6.82. The van der Waals surface area contributed by atoms with Gasteiger partial charge >= 0.3 is 6.01 Å². The normalized spacial score (nSPS) is 16.8. The van der Waals surface area contributed by atoms with Crippen LogP contribution < -0.4 is 4.74 Å². The van der Waals surface area contributed by atoms with E-state index in [-0.39, 0.29) is 16.5 Å². The highest BCUT2D eigenvalue weighted by Crippen LogP contribution is 2.31. The number of sulfonamides is 1. The summed E-state index contributed by atoms with van der Waals surface area (Å²) in [5.41, 5.74) is 0.244. The van der Waals surface area contributed by atoms with Crippen LogP contribution in [0.15, 0.2) is 46.3 Å². The van der Waals surface area contributed by atoms with Crippen LogP contribution in [0.2, 0.25) is 5.02 Å². The Morgan fingerprint density at radius 3 is 2.65 bits per heavy atom. The molecule has 1 aromatic carbocycles. The van der Waals surface area contributed by atoms with E-state index in [1.807, 2.05) is 0 Å². The van der Waals surface area contributed by atoms with Gasteiger partial charge in [0, 0.05) is 25.5 Å². The van der Waals surface area contributed by atoms with E-state index in [1.54, 1.807) is 18.5 Å². The van der Waals surface area contributed by atoms with Gasteiger partial charge in [-0.25, -0.2) is 18.4 Å². The zero-order valence-electron chi connectivity index (χ0n) is 13.6. The van der Waals surface area contributed by atoms with Crippen molar-refractivity contribution in [3.63, 3.8) is 0 Å². The first-order valence-corrected chi connectivity index (χ1v) is 9.84. The lowest BCUT2D eigenvalue weighted by atomic mass is 10.1. The minimum atomic E-state index is -3.71. The van der Waals surface area contributed by atoms with Crippen molar-refractivity contribution in [2.45, 2.75) is 23.8 Å². The van der Waals surface area contributed by atoms with Crippen molar-refractivity contribution in [3.8, 4) is 6.01 Å². The summed E-state index contributed by atoms with van der Waals surface area (Å²) in [7, 11) is -3.71. The van der Waals surface area contributed by atoms with Crippen LogP contribution in [-0.2, 0) is 10.0 Å². The van der Waals surface area contributed by atoms with Crippen LogP contribution in [0.4, 0.5) is 0 Å². The van der Waals surface area contributed by atoms with E-state index in [2.05, 4.69) is 15.1 Å². The van der Waals surface area contributed by atoms with Gasteiger partial charge in [-0.1, -0.05) is 16.8 Å². The second-order valence-electron chi connectivity index (χ2n) is 5.88. The van der Waals surface area contributed by atoms with Crippen LogP contribution in [-0.4, -0.2) is 47.0 Å². The van der Waals surface area contributed by atoms with Crippen LogP contribution in [0.25, 0.3) is 10.9 Å². The van der Waals surface area contributed by atoms with Crippen molar-refractivity contribution in [2.75, 3.05) is 13.1 Å². The molecule has 1 aliphatic rings. The maximum absolute atomic E-state index is 13.0. The highest BCUT2D eigenvalue weighted by molar-refractivity contribution is 7.89. The summed E-state index contributed by atoms with van der Waals surface area (Å²) in [6, 6.07) is 5.01. The van der Waals surface area contributed by atoms with Gasteiger partial charge in [-0.2, -0.15) is 4.31 Å². The van der Waals surface area contributed by atoms with E-state index in [0.29, 0.717) is 42.4 Å². The Balaban J connectivity index is 1.51. The number of nitrogens with zero attached hydrogens (tertiary/aromatic N) is 4. The van der Waals surface area contributed by atoms with Crippen LogP contribution in [0, 0.1) is 0 Å². The third kappa shape index (κ3) is 3.13. The minimum absolute atomic E-state index is 0.0939. The van der Waals surface area contributed by atoms with Crippen LogP contribution >= 0.6 is 11.6 Å². The molecule has 8 nitrogen and oxygen atoms in total. The van der Waals surface area contributed by atoms with Crippen molar-refractivity contribution in [2.24, 2.45) is 0 Å². The predicted molar refractivity (Wildman–Crippen MR) is 93.5 cm³/mol. The first-order chi connectivity index (χ1) is 12.6. The molecule has 3 heterocycles. The molecule has 2 aromatic heterocycles. The molecule has 0 N–H and O–H groups in total. The molecule has 0 atom stereocenters. The first-order valence-electron chi connectivity index (χ1n) is 8.02. The highest BCUT2D eigenvalue weighted by atomic mass is 35.5. The van der Waals surface area contributed by atoms with Gasteiger partial charge in [-0.3, -0.25) is 0 Å². The molecule has 0 spiro atoms. The van der Waals surface area contributed by atoms with E-state index < -0.39 is 10.0 Å². The lowest BCUT2D eigenvalue weighted by Gasteiger charge is -2.30. The molecule has 1 fully saturated rings. The average Bonchev–Trinajstić information content (AvgIpc) is 3.14. The maximum atomic E-state index is 13.0. The summed E-state index contributed by atoms with van der Waals surface area (Å²) in [5, 5.41) is 4.68. The Kier molecular flexibility index (Phi) is 4.51. The summed E-state index contributed by atoms with van der Waals surface area (Å²) < 4.78 is 38.1. The fourth-order valence-electron chi connectivity index (χ4n) is 2.93. The van der Waals surface area contributed by atoms with Crippen LogP contribution in [0.1, 0.15) is 12.8 Å². The van der Waals surface area contributed by atoms with Gasteiger partial charge < -0.3 is 9.26 Å². The third-order valence-corrected chi connectivity index (χ3v) is 6.53. The number of halogens is 1. The van der Waals surface area contributed by atoms with E-state index in [1.165, 1.54) is 22.7 Å². The van der Waals surface area contributed by atoms with Crippen molar-refractivity contribution < 1.29 is 17.7 Å². The van der Waals surface area contributed by atoms with Crippen molar-refractivity contribution >= 4 is 32.5 Å². The topological polar surface area (TPSA) is 98.4 Å². The number of fused-ring (bicyclic) bond motifs is 1. The minimum Gasteiger partial charge on any atom is -0.460 e. The zero-order valence-corrected chi connectivity index (χ0v) is 15.2. The van der Waals surface area contributed by atoms with Crippen molar-refractivity contribution in [1.82, 2.24) is 19.4 Å². The molecule has 1 aliphatic heterocycles. The summed E-state index contributed by atoms with van der Waals surface area (Å²) in [4.78, 5) is 8.15. The predicted octanol–water partition coefficient (Wildman–Crippen LogP) is 2.50. The van der Waals surface area contributed by atoms with Crippen molar-refractivity contribution in [3.05, 3.63) is 41.9 Å². The molecule has 10 heteroatoms. The smallest absolute Gasteiger partial charge is 0.316 e. The maximum Gasteiger partial charge on any atom is 0.316 e. The lowest BCUT2D eigenvalue weighted by molar-refractivity contribution is 0.124. The third-order valence-electron chi connectivity index (χ3n) is 4.27. The van der Waals surface area contributed by atoms with Crippen LogP contribution in [0.3, 0.4) is 0 Å². The molecule has 26 heavy (non-hydrogen) atoms. The van der Waals surface area contributed by atoms with Gasteiger partial charge in [-0.15, -0.1) is 0 Å². The Morgan fingerprint density at radius 2 is 1.92 bits per heavy atom.